The molecule has 1 unspecified atom stereocenters. The van der Waals surface area contributed by atoms with Gasteiger partial charge in [0.25, 0.3) is 5.91 Å². The van der Waals surface area contributed by atoms with Crippen LogP contribution in [0.4, 0.5) is 30.7 Å². The van der Waals surface area contributed by atoms with Crippen molar-refractivity contribution in [1.82, 2.24) is 35.7 Å². The highest BCUT2D eigenvalue weighted by molar-refractivity contribution is 6.27. The fraction of sp³-hybridized carbons (Fsp3) is 0.480. The average Bonchev–Trinajstić information content (AvgIpc) is 3.37. The Hall–Kier alpha value is -3.98. The van der Waals surface area contributed by atoms with Crippen LogP contribution >= 0.6 is 0 Å². The van der Waals surface area contributed by atoms with Crippen molar-refractivity contribution in [1.29, 1.82) is 0 Å². The standard InChI is InChI=1S/C25H24F7N7O2/c26-18-12-15(41-11-3-1-2-9-24(27,28)29)6-7-17(18)23(25(30,31)32)13-16(19-8-10-39(36-19)14-4-5-14)20(22(40)33-23)21-34-37-38-35-21/h6-8,10,12,14H,1-5,9,11,13H2,(H,33,40)(H,34,35,37,38). The topological polar surface area (TPSA) is 111 Å². The second-order valence-corrected chi connectivity index (χ2v) is 9.95. The minimum absolute atomic E-state index is 0.0532. The normalized spacial score (nSPS) is 19.9. The summed E-state index contributed by atoms with van der Waals surface area (Å²) in [6, 6.07) is 4.34. The van der Waals surface area contributed by atoms with Crippen molar-refractivity contribution >= 4 is 17.1 Å². The third-order valence-electron chi connectivity index (χ3n) is 6.96. The van der Waals surface area contributed by atoms with E-state index in [0.717, 1.165) is 31.0 Å². The van der Waals surface area contributed by atoms with Gasteiger partial charge in [-0.05, 0) is 61.1 Å². The molecule has 1 amide bonds. The highest BCUT2D eigenvalue weighted by Gasteiger charge is 2.61. The van der Waals surface area contributed by atoms with Crippen LogP contribution in [0.3, 0.4) is 0 Å². The first-order valence-electron chi connectivity index (χ1n) is 12.8. The quantitative estimate of drug-likeness (QED) is 0.247. The number of aromatic nitrogens is 6. The number of aromatic amines is 1. The van der Waals surface area contributed by atoms with Crippen LogP contribution in [0.2, 0.25) is 0 Å². The molecule has 0 spiro atoms. The molecule has 0 saturated heterocycles. The molecule has 1 aromatic carbocycles. The van der Waals surface area contributed by atoms with Gasteiger partial charge in [0, 0.05) is 30.7 Å². The first-order valence-corrected chi connectivity index (χ1v) is 12.8. The summed E-state index contributed by atoms with van der Waals surface area (Å²) in [7, 11) is 0. The summed E-state index contributed by atoms with van der Waals surface area (Å²) in [4.78, 5) is 13.3. The molecule has 9 nitrogen and oxygen atoms in total. The van der Waals surface area contributed by atoms with Gasteiger partial charge in [-0.15, -0.1) is 10.2 Å². The summed E-state index contributed by atoms with van der Waals surface area (Å²) in [5.41, 5.74) is -4.33. The smallest absolute Gasteiger partial charge is 0.416 e. The number of alkyl halides is 6. The predicted molar refractivity (Wildman–Crippen MR) is 128 cm³/mol. The molecule has 1 aliphatic heterocycles. The summed E-state index contributed by atoms with van der Waals surface area (Å²) in [6.45, 7) is -0.0532. The maximum atomic E-state index is 15.4. The predicted octanol–water partition coefficient (Wildman–Crippen LogP) is 5.26. The molecule has 1 atom stereocenters. The van der Waals surface area contributed by atoms with Crippen LogP contribution in [0, 0.1) is 5.82 Å². The molecular weight excluding hydrogens is 563 g/mol. The summed E-state index contributed by atoms with van der Waals surface area (Å²) < 4.78 is 104. The highest BCUT2D eigenvalue weighted by atomic mass is 19.4. The Morgan fingerprint density at radius 3 is 2.49 bits per heavy atom. The number of halogens is 7. The number of rotatable bonds is 10. The van der Waals surface area contributed by atoms with Gasteiger partial charge >= 0.3 is 12.4 Å². The third-order valence-corrected chi connectivity index (χ3v) is 6.96. The maximum Gasteiger partial charge on any atom is 0.416 e. The largest absolute Gasteiger partial charge is 0.493 e. The zero-order chi connectivity index (χ0) is 29.4. The van der Waals surface area contributed by atoms with Crippen LogP contribution < -0.4 is 10.1 Å². The van der Waals surface area contributed by atoms with Gasteiger partial charge in [0.1, 0.15) is 11.6 Å². The Bertz CT molecular complexity index is 1430. The number of nitrogens with zero attached hydrogens (tertiary/aromatic N) is 5. The molecule has 1 aliphatic carbocycles. The lowest BCUT2D eigenvalue weighted by atomic mass is 9.77. The molecule has 220 valence electrons. The second-order valence-electron chi connectivity index (χ2n) is 9.95. The lowest BCUT2D eigenvalue weighted by Crippen LogP contribution is -2.59. The summed E-state index contributed by atoms with van der Waals surface area (Å²) in [5, 5.41) is 19.4. The fourth-order valence-electron chi connectivity index (χ4n) is 4.77. The number of hydrogen-bond donors (Lipinski definition) is 2. The van der Waals surface area contributed by atoms with Crippen molar-refractivity contribution in [2.75, 3.05) is 6.61 Å². The van der Waals surface area contributed by atoms with Crippen molar-refractivity contribution in [2.45, 2.75) is 68.9 Å². The average molecular weight is 587 g/mol. The van der Waals surface area contributed by atoms with Crippen LogP contribution in [0.15, 0.2) is 30.5 Å². The first-order chi connectivity index (χ1) is 19.4. The highest BCUT2D eigenvalue weighted by Crippen LogP contribution is 2.50. The number of benzene rings is 1. The minimum atomic E-state index is -5.16. The number of carbonyl (C=O) groups is 1. The third kappa shape index (κ3) is 6.05. The van der Waals surface area contributed by atoms with E-state index in [1.165, 1.54) is 6.07 Å². The van der Waals surface area contributed by atoms with Crippen molar-refractivity contribution in [2.24, 2.45) is 0 Å². The first kappa shape index (κ1) is 28.5. The zero-order valence-electron chi connectivity index (χ0n) is 21.3. The van der Waals surface area contributed by atoms with E-state index < -0.39 is 48.0 Å². The molecule has 2 aliphatic rings. The van der Waals surface area contributed by atoms with Gasteiger partial charge in [0.05, 0.1) is 23.9 Å². The number of amides is 1. The lowest BCUT2D eigenvalue weighted by molar-refractivity contribution is -0.202. The number of ether oxygens (including phenoxy) is 1. The zero-order valence-corrected chi connectivity index (χ0v) is 21.3. The molecule has 16 heteroatoms. The van der Waals surface area contributed by atoms with Crippen LogP contribution in [0.25, 0.3) is 11.1 Å². The van der Waals surface area contributed by atoms with E-state index in [4.69, 9.17) is 4.74 Å². The molecule has 0 bridgehead atoms. The molecule has 41 heavy (non-hydrogen) atoms. The van der Waals surface area contributed by atoms with Gasteiger partial charge in [-0.1, -0.05) is 0 Å². The molecule has 0 radical (unpaired) electrons. The van der Waals surface area contributed by atoms with E-state index in [-0.39, 0.29) is 60.3 Å². The van der Waals surface area contributed by atoms with Crippen LogP contribution in [-0.2, 0) is 10.3 Å². The molecule has 2 aromatic heterocycles. The molecule has 3 aromatic rings. The van der Waals surface area contributed by atoms with Crippen molar-refractivity contribution in [3.05, 3.63) is 53.4 Å². The van der Waals surface area contributed by atoms with E-state index in [2.05, 4.69) is 25.7 Å². The monoisotopic (exact) mass is 587 g/mol. The molecule has 1 saturated carbocycles. The Labute approximate surface area is 228 Å². The van der Waals surface area contributed by atoms with Crippen molar-refractivity contribution in [3.8, 4) is 5.75 Å². The number of unbranched alkanes of at least 4 members (excludes halogenated alkanes) is 2. The minimum Gasteiger partial charge on any atom is -0.493 e. The van der Waals surface area contributed by atoms with Crippen LogP contribution in [0.5, 0.6) is 5.75 Å². The van der Waals surface area contributed by atoms with E-state index in [9.17, 15) is 31.1 Å². The lowest BCUT2D eigenvalue weighted by Gasteiger charge is -2.41. The van der Waals surface area contributed by atoms with Crippen LogP contribution in [-0.4, -0.2) is 55.3 Å². The van der Waals surface area contributed by atoms with Crippen LogP contribution in [0.1, 0.15) is 68.1 Å². The summed E-state index contributed by atoms with van der Waals surface area (Å²) >= 11 is 0. The number of carbonyl (C=O) groups excluding carboxylic acids is 1. The maximum absolute atomic E-state index is 15.4. The molecule has 3 heterocycles. The molecule has 1 fully saturated rings. The number of hydrogen-bond acceptors (Lipinski definition) is 6. The van der Waals surface area contributed by atoms with E-state index >= 15 is 4.39 Å². The van der Waals surface area contributed by atoms with Gasteiger partial charge in [-0.3, -0.25) is 9.48 Å². The Morgan fingerprint density at radius 1 is 1.07 bits per heavy atom. The van der Waals surface area contributed by atoms with Gasteiger partial charge in [-0.25, -0.2) is 4.39 Å². The van der Waals surface area contributed by atoms with Gasteiger partial charge in [0.15, 0.2) is 5.54 Å². The van der Waals surface area contributed by atoms with Crippen molar-refractivity contribution < 1.29 is 40.3 Å². The van der Waals surface area contributed by atoms with E-state index in [0.29, 0.717) is 0 Å². The Kier molecular flexibility index (Phi) is 7.50. The number of nitrogens with one attached hydrogen (secondary N) is 2. The summed E-state index contributed by atoms with van der Waals surface area (Å²) in [6.07, 6.45) is -7.60. The molecule has 2 N–H and O–H groups in total. The molecular formula is C25H24F7N7O2. The number of tetrazole rings is 1. The Morgan fingerprint density at radius 2 is 1.85 bits per heavy atom. The second kappa shape index (κ2) is 10.8. The van der Waals surface area contributed by atoms with Gasteiger partial charge in [0.2, 0.25) is 5.82 Å². The number of H-pyrrole nitrogens is 1. The molecule has 5 rings (SSSR count). The summed E-state index contributed by atoms with van der Waals surface area (Å²) in [5.74, 6) is -2.82. The van der Waals surface area contributed by atoms with E-state index in [1.54, 1.807) is 10.9 Å². The van der Waals surface area contributed by atoms with E-state index in [1.807, 2.05) is 5.32 Å². The van der Waals surface area contributed by atoms with Crippen molar-refractivity contribution in [3.63, 3.8) is 0 Å². The van der Waals surface area contributed by atoms with Gasteiger partial charge < -0.3 is 10.1 Å². The SMILES string of the molecule is O=C1NC(c2ccc(OCCCCCC(F)(F)F)cc2F)(C(F)(F)F)CC(c2ccn(C3CC3)n2)=C1c1nn[nH]n1. The fourth-order valence-corrected chi connectivity index (χ4v) is 4.77. The van der Waals surface area contributed by atoms with Gasteiger partial charge in [-0.2, -0.15) is 36.7 Å². The Balaban J connectivity index is 1.44.